The number of hydrogen-bond donors (Lipinski definition) is 7. The van der Waals surface area contributed by atoms with E-state index in [4.69, 9.17) is 4.74 Å². The minimum atomic E-state index is -1.17. The van der Waals surface area contributed by atoms with Crippen LogP contribution >= 0.6 is 0 Å². The summed E-state index contributed by atoms with van der Waals surface area (Å²) in [5.74, 6) is -4.34. The van der Waals surface area contributed by atoms with Gasteiger partial charge in [0.25, 0.3) is 0 Å². The predicted octanol–water partition coefficient (Wildman–Crippen LogP) is 0.957. The fraction of sp³-hybridized carbons (Fsp3) is 0.200. The van der Waals surface area contributed by atoms with Crippen LogP contribution in [-0.2, 0) is 6.42 Å². The van der Waals surface area contributed by atoms with E-state index < -0.39 is 41.0 Å². The molecule has 2 aromatic rings. The highest BCUT2D eigenvalue weighted by Crippen LogP contribution is 2.54. The van der Waals surface area contributed by atoms with Crippen molar-refractivity contribution in [2.45, 2.75) is 18.6 Å². The number of ether oxygens (including phenoxy) is 1. The summed E-state index contributed by atoms with van der Waals surface area (Å²) in [5, 5.41) is 67.9. The predicted molar refractivity (Wildman–Crippen MR) is 76.0 cm³/mol. The lowest BCUT2D eigenvalue weighted by molar-refractivity contribution is 0.0175. The van der Waals surface area contributed by atoms with E-state index in [-0.39, 0.29) is 23.5 Å². The van der Waals surface area contributed by atoms with Crippen LogP contribution in [0.4, 0.5) is 0 Å². The summed E-state index contributed by atoms with van der Waals surface area (Å²) in [6.45, 7) is 0. The van der Waals surface area contributed by atoms with Gasteiger partial charge in [-0.3, -0.25) is 0 Å². The molecule has 2 aromatic carbocycles. The molecule has 1 aliphatic heterocycles. The van der Waals surface area contributed by atoms with Gasteiger partial charge in [-0.2, -0.15) is 0 Å². The smallest absolute Gasteiger partial charge is 0.208 e. The zero-order valence-corrected chi connectivity index (χ0v) is 11.6. The summed E-state index contributed by atoms with van der Waals surface area (Å²) in [7, 11) is 0. The van der Waals surface area contributed by atoms with Crippen molar-refractivity contribution in [2.24, 2.45) is 0 Å². The number of hydrogen-bond acceptors (Lipinski definition) is 8. The molecule has 0 amide bonds. The largest absolute Gasteiger partial charge is 0.504 e. The van der Waals surface area contributed by atoms with Crippen molar-refractivity contribution in [3.05, 3.63) is 29.3 Å². The number of aliphatic hydroxyl groups excluding tert-OH is 1. The molecule has 0 spiro atoms. The Balaban J connectivity index is 2.08. The van der Waals surface area contributed by atoms with Crippen molar-refractivity contribution in [3.63, 3.8) is 0 Å². The van der Waals surface area contributed by atoms with Gasteiger partial charge < -0.3 is 40.5 Å². The van der Waals surface area contributed by atoms with Gasteiger partial charge in [-0.15, -0.1) is 0 Å². The molecule has 23 heavy (non-hydrogen) atoms. The lowest BCUT2D eigenvalue weighted by Gasteiger charge is -2.32. The maximum atomic E-state index is 10.2. The first kappa shape index (κ1) is 14.9. The van der Waals surface area contributed by atoms with Crippen LogP contribution in [-0.4, -0.2) is 41.8 Å². The third-order valence-electron chi connectivity index (χ3n) is 3.78. The Hall–Kier alpha value is -3.00. The quantitative estimate of drug-likeness (QED) is 0.303. The van der Waals surface area contributed by atoms with Crippen LogP contribution < -0.4 is 4.74 Å². The molecule has 7 N–H and O–H groups in total. The number of phenolic OH excluding ortho intramolecular Hbond substituents is 6. The van der Waals surface area contributed by atoms with Gasteiger partial charge >= 0.3 is 0 Å². The van der Waals surface area contributed by atoms with Crippen LogP contribution in [0.25, 0.3) is 0 Å². The number of phenols is 6. The van der Waals surface area contributed by atoms with Crippen molar-refractivity contribution in [1.82, 2.24) is 0 Å². The van der Waals surface area contributed by atoms with Crippen LogP contribution in [0.2, 0.25) is 0 Å². The SMILES string of the molecule is Oc1ccc([C@H]2Oc3c(O)c(O)c(O)c(O)c3C[C@@H]2O)cc1O. The average molecular weight is 322 g/mol. The maximum Gasteiger partial charge on any atom is 0.208 e. The highest BCUT2D eigenvalue weighted by Gasteiger charge is 2.36. The Labute approximate surface area is 129 Å². The molecule has 1 heterocycles. The summed E-state index contributed by atoms with van der Waals surface area (Å²) in [6, 6.07) is 3.80. The molecule has 8 heteroatoms. The summed E-state index contributed by atoms with van der Waals surface area (Å²) in [5.41, 5.74) is 0.259. The molecule has 0 saturated heterocycles. The third-order valence-corrected chi connectivity index (χ3v) is 3.78. The summed E-state index contributed by atoms with van der Waals surface area (Å²) < 4.78 is 5.45. The van der Waals surface area contributed by atoms with E-state index >= 15 is 0 Å². The molecule has 3 rings (SSSR count). The van der Waals surface area contributed by atoms with E-state index in [2.05, 4.69) is 0 Å². The van der Waals surface area contributed by atoms with E-state index in [1.807, 2.05) is 0 Å². The van der Waals surface area contributed by atoms with Crippen molar-refractivity contribution in [1.29, 1.82) is 0 Å². The minimum absolute atomic E-state index is 0.0513. The summed E-state index contributed by atoms with van der Waals surface area (Å²) in [6.07, 6.45) is -2.36. The molecule has 0 fully saturated rings. The van der Waals surface area contributed by atoms with Gasteiger partial charge in [-0.05, 0) is 17.7 Å². The maximum absolute atomic E-state index is 10.2. The number of aliphatic hydroxyl groups is 1. The first-order chi connectivity index (χ1) is 10.8. The highest BCUT2D eigenvalue weighted by atomic mass is 16.5. The molecule has 2 atom stereocenters. The molecule has 0 radical (unpaired) electrons. The van der Waals surface area contributed by atoms with Gasteiger partial charge in [0, 0.05) is 12.0 Å². The van der Waals surface area contributed by atoms with E-state index in [1.165, 1.54) is 18.2 Å². The molecule has 0 aliphatic carbocycles. The van der Waals surface area contributed by atoms with Crippen LogP contribution in [0.15, 0.2) is 18.2 Å². The first-order valence-corrected chi connectivity index (χ1v) is 6.66. The van der Waals surface area contributed by atoms with Crippen molar-refractivity contribution in [3.8, 4) is 40.2 Å². The molecule has 0 bridgehead atoms. The van der Waals surface area contributed by atoms with Crippen LogP contribution in [0, 0.1) is 0 Å². The normalized spacial score (nSPS) is 19.9. The molecular formula is C15H14O8. The number of fused-ring (bicyclic) bond motifs is 1. The second-order valence-electron chi connectivity index (χ2n) is 5.26. The number of aromatic hydroxyl groups is 6. The Morgan fingerprint density at radius 2 is 1.48 bits per heavy atom. The van der Waals surface area contributed by atoms with E-state index in [1.54, 1.807) is 0 Å². The average Bonchev–Trinajstić information content (AvgIpc) is 2.53. The molecule has 1 aliphatic rings. The third kappa shape index (κ3) is 2.20. The lowest BCUT2D eigenvalue weighted by atomic mass is 9.93. The topological polar surface area (TPSA) is 151 Å². The molecule has 8 nitrogen and oxygen atoms in total. The number of rotatable bonds is 1. The van der Waals surface area contributed by atoms with Gasteiger partial charge in [0.2, 0.25) is 17.2 Å². The lowest BCUT2D eigenvalue weighted by Crippen LogP contribution is -2.30. The minimum Gasteiger partial charge on any atom is -0.504 e. The van der Waals surface area contributed by atoms with Crippen LogP contribution in [0.3, 0.4) is 0 Å². The Kier molecular flexibility index (Phi) is 3.26. The fourth-order valence-corrected chi connectivity index (χ4v) is 2.57. The number of benzene rings is 2. The zero-order valence-electron chi connectivity index (χ0n) is 11.6. The van der Waals surface area contributed by atoms with Crippen molar-refractivity contribution >= 4 is 0 Å². The molecule has 0 unspecified atom stereocenters. The van der Waals surface area contributed by atoms with Crippen LogP contribution in [0.1, 0.15) is 17.2 Å². The molecular weight excluding hydrogens is 308 g/mol. The van der Waals surface area contributed by atoms with Gasteiger partial charge in [-0.25, -0.2) is 0 Å². The first-order valence-electron chi connectivity index (χ1n) is 6.66. The standard InChI is InChI=1S/C15H14O8/c16-7-2-1-5(3-8(7)17)14-9(18)4-6-10(19)11(20)12(21)13(22)15(6)23-14/h1-3,9,14,16-22H,4H2/t9-,14+/m0/s1. The van der Waals surface area contributed by atoms with E-state index in [0.29, 0.717) is 5.56 Å². The fourth-order valence-electron chi connectivity index (χ4n) is 2.57. The van der Waals surface area contributed by atoms with E-state index in [0.717, 1.165) is 0 Å². The van der Waals surface area contributed by atoms with Gasteiger partial charge in [-0.1, -0.05) is 6.07 Å². The second-order valence-corrected chi connectivity index (χ2v) is 5.26. The Morgan fingerprint density at radius 3 is 2.13 bits per heavy atom. The molecule has 0 aromatic heterocycles. The molecule has 0 saturated carbocycles. The summed E-state index contributed by atoms with van der Waals surface area (Å²) in [4.78, 5) is 0. The molecule has 122 valence electrons. The van der Waals surface area contributed by atoms with Crippen LogP contribution in [0.5, 0.6) is 40.2 Å². The zero-order chi connectivity index (χ0) is 16.9. The van der Waals surface area contributed by atoms with Crippen molar-refractivity contribution < 1.29 is 40.5 Å². The Morgan fingerprint density at radius 1 is 0.826 bits per heavy atom. The monoisotopic (exact) mass is 322 g/mol. The summed E-state index contributed by atoms with van der Waals surface area (Å²) >= 11 is 0. The van der Waals surface area contributed by atoms with E-state index in [9.17, 15) is 35.7 Å². The van der Waals surface area contributed by atoms with Gasteiger partial charge in [0.05, 0.1) is 6.10 Å². The van der Waals surface area contributed by atoms with Gasteiger partial charge in [0.15, 0.2) is 29.1 Å². The Bertz CT molecular complexity index is 786. The highest BCUT2D eigenvalue weighted by molar-refractivity contribution is 5.68. The second kappa shape index (κ2) is 5.03. The van der Waals surface area contributed by atoms with Crippen molar-refractivity contribution in [2.75, 3.05) is 0 Å². The van der Waals surface area contributed by atoms with Gasteiger partial charge in [0.1, 0.15) is 0 Å².